The number of rotatable bonds is 10. The summed E-state index contributed by atoms with van der Waals surface area (Å²) in [5, 5.41) is 19.6. The van der Waals surface area contributed by atoms with E-state index >= 15 is 0 Å². The highest BCUT2D eigenvalue weighted by Gasteiger charge is 2.28. The van der Waals surface area contributed by atoms with Gasteiger partial charge in [-0.15, -0.1) is 0 Å². The Labute approximate surface area is 252 Å². The van der Waals surface area contributed by atoms with E-state index in [0.717, 1.165) is 74.0 Å². The fourth-order valence-electron chi connectivity index (χ4n) is 6.23. The molecule has 3 heterocycles. The number of fused-ring (bicyclic) bond motifs is 3. The Hall–Kier alpha value is -3.95. The van der Waals surface area contributed by atoms with Crippen LogP contribution in [0.1, 0.15) is 42.3 Å². The van der Waals surface area contributed by atoms with Crippen LogP contribution in [0.25, 0.3) is 32.8 Å². The van der Waals surface area contributed by atoms with Gasteiger partial charge in [0.15, 0.2) is 6.29 Å². The Kier molecular flexibility index (Phi) is 8.90. The summed E-state index contributed by atoms with van der Waals surface area (Å²) >= 11 is 0. The summed E-state index contributed by atoms with van der Waals surface area (Å²) in [5.41, 5.74) is 6.78. The monoisotopic (exact) mass is 581 g/mol. The van der Waals surface area contributed by atoms with E-state index in [1.807, 2.05) is 49.0 Å². The number of aryl methyl sites for hydroxylation is 2. The molecule has 0 spiro atoms. The number of para-hydroxylation sites is 1. The predicted molar refractivity (Wildman–Crippen MR) is 168 cm³/mol. The first-order valence-corrected chi connectivity index (χ1v) is 14.9. The molecule has 224 valence electrons. The molecule has 1 N–H and O–H groups in total. The van der Waals surface area contributed by atoms with Crippen molar-refractivity contribution in [2.24, 2.45) is 7.05 Å². The first-order chi connectivity index (χ1) is 21.1. The van der Waals surface area contributed by atoms with Gasteiger partial charge in [0.2, 0.25) is 0 Å². The summed E-state index contributed by atoms with van der Waals surface area (Å²) in [6.07, 6.45) is 4.53. The number of benzene rings is 3. The maximum atomic E-state index is 11.4. The van der Waals surface area contributed by atoms with Crippen molar-refractivity contribution in [2.45, 2.75) is 45.8 Å². The highest BCUT2D eigenvalue weighted by Crippen LogP contribution is 2.40. The van der Waals surface area contributed by atoms with Gasteiger partial charge >= 0.3 is 0 Å². The number of hydrogen-bond donors (Lipinski definition) is 1. The quantitative estimate of drug-likeness (QED) is 0.116. The van der Waals surface area contributed by atoms with Crippen molar-refractivity contribution in [3.63, 3.8) is 0 Å². The number of allylic oxidation sites excluding steroid dienone is 1. The van der Waals surface area contributed by atoms with Gasteiger partial charge in [0.25, 0.3) is 0 Å². The largest absolute Gasteiger partial charge is 0.493 e. The van der Waals surface area contributed by atoms with Gasteiger partial charge in [-0.3, -0.25) is 4.68 Å². The molecule has 6 rings (SSSR count). The van der Waals surface area contributed by atoms with Crippen molar-refractivity contribution in [3.05, 3.63) is 95.5 Å². The van der Waals surface area contributed by atoms with E-state index in [9.17, 15) is 5.11 Å². The lowest BCUT2D eigenvalue weighted by Crippen LogP contribution is -2.13. The van der Waals surface area contributed by atoms with Crippen molar-refractivity contribution < 1.29 is 24.1 Å². The predicted octanol–water partition coefficient (Wildman–Crippen LogP) is 6.47. The number of aliphatic hydroxyl groups is 1. The summed E-state index contributed by atoms with van der Waals surface area (Å²) in [5.74, 6) is 0.883. The van der Waals surface area contributed by atoms with E-state index < -0.39 is 6.29 Å². The minimum Gasteiger partial charge on any atom is -0.493 e. The Bertz CT molecular complexity index is 1750. The average Bonchev–Trinajstić information content (AvgIpc) is 3.49. The van der Waals surface area contributed by atoms with E-state index in [1.165, 1.54) is 0 Å². The molecule has 5 aromatic rings. The number of hydrogen-bond acceptors (Lipinski definition) is 6. The van der Waals surface area contributed by atoms with Crippen molar-refractivity contribution >= 4 is 21.7 Å². The number of nitrogens with zero attached hydrogens (tertiary/aromatic N) is 3. The van der Waals surface area contributed by atoms with Gasteiger partial charge in [-0.25, -0.2) is 0 Å². The van der Waals surface area contributed by atoms with Gasteiger partial charge in [-0.05, 0) is 36.8 Å². The van der Waals surface area contributed by atoms with E-state index in [4.69, 9.17) is 24.0 Å². The average molecular weight is 582 g/mol. The Morgan fingerprint density at radius 1 is 1.02 bits per heavy atom. The molecule has 8 nitrogen and oxygen atoms in total. The van der Waals surface area contributed by atoms with Crippen LogP contribution in [0.5, 0.6) is 5.75 Å². The minimum absolute atomic E-state index is 0.390. The molecule has 0 aliphatic carbocycles. The third kappa shape index (κ3) is 5.71. The zero-order chi connectivity index (χ0) is 29.8. The van der Waals surface area contributed by atoms with E-state index in [1.54, 1.807) is 7.11 Å². The number of aromatic nitrogens is 3. The summed E-state index contributed by atoms with van der Waals surface area (Å²) < 4.78 is 27.8. The van der Waals surface area contributed by atoms with Crippen molar-refractivity contribution in [1.29, 1.82) is 0 Å². The summed E-state index contributed by atoms with van der Waals surface area (Å²) in [6, 6.07) is 20.8. The topological polar surface area (TPSA) is 79.9 Å². The standard InChI is InChI=1S/C35H39N3O5/c1-4-42-35(39)34-27(17-11-21-43-31-18-9-13-24-12-5-6-14-25(24)31)26-15-10-16-28-32-29(36-37(2)30(32)23-40-3)22-41-20-8-7-19-38(34)33(26)28/h5-10,12-16,18,35,39H,4,11,17,19-23H2,1-3H3/b8-7-. The molecule has 43 heavy (non-hydrogen) atoms. The molecule has 0 saturated carbocycles. The molecule has 8 heteroatoms. The molecule has 2 aromatic heterocycles. The second-order valence-corrected chi connectivity index (χ2v) is 10.7. The highest BCUT2D eigenvalue weighted by molar-refractivity contribution is 5.99. The van der Waals surface area contributed by atoms with E-state index in [2.05, 4.69) is 47.0 Å². The van der Waals surface area contributed by atoms with Crippen LogP contribution in [-0.2, 0) is 47.4 Å². The third-order valence-corrected chi connectivity index (χ3v) is 8.06. The number of aliphatic hydroxyl groups excluding tert-OH is 1. The first kappa shape index (κ1) is 29.1. The molecule has 0 radical (unpaired) electrons. The molecular weight excluding hydrogens is 542 g/mol. The van der Waals surface area contributed by atoms with E-state index in [-0.39, 0.29) is 0 Å². The minimum atomic E-state index is -1.07. The fraction of sp³-hybridized carbons (Fsp3) is 0.343. The van der Waals surface area contributed by atoms with Gasteiger partial charge in [-0.1, -0.05) is 66.7 Å². The molecular formula is C35H39N3O5. The van der Waals surface area contributed by atoms with Crippen molar-refractivity contribution in [1.82, 2.24) is 14.3 Å². The molecule has 1 aliphatic heterocycles. The second-order valence-electron chi connectivity index (χ2n) is 10.7. The molecule has 1 aliphatic rings. The molecule has 0 bridgehead atoms. The van der Waals surface area contributed by atoms with Crippen LogP contribution in [0.4, 0.5) is 0 Å². The molecule has 0 saturated heterocycles. The summed E-state index contributed by atoms with van der Waals surface area (Å²) in [6.45, 7) is 4.69. The number of methoxy groups -OCH3 is 1. The molecule has 1 atom stereocenters. The van der Waals surface area contributed by atoms with Crippen LogP contribution in [0, 0.1) is 0 Å². The van der Waals surface area contributed by atoms with Crippen LogP contribution < -0.4 is 4.74 Å². The maximum Gasteiger partial charge on any atom is 0.196 e. The van der Waals surface area contributed by atoms with Crippen LogP contribution in [0.15, 0.2) is 72.8 Å². The summed E-state index contributed by atoms with van der Waals surface area (Å²) in [7, 11) is 3.64. The lowest BCUT2D eigenvalue weighted by Gasteiger charge is -2.17. The zero-order valence-electron chi connectivity index (χ0n) is 25.1. The Morgan fingerprint density at radius 3 is 2.70 bits per heavy atom. The Balaban J connectivity index is 1.44. The normalized spacial score (nSPS) is 14.9. The first-order valence-electron chi connectivity index (χ1n) is 14.9. The molecule has 1 unspecified atom stereocenters. The molecule has 0 fully saturated rings. The third-order valence-electron chi connectivity index (χ3n) is 8.06. The lowest BCUT2D eigenvalue weighted by atomic mass is 9.98. The zero-order valence-corrected chi connectivity index (χ0v) is 25.1. The summed E-state index contributed by atoms with van der Waals surface area (Å²) in [4.78, 5) is 0. The van der Waals surface area contributed by atoms with Gasteiger partial charge in [0.05, 0.1) is 49.0 Å². The van der Waals surface area contributed by atoms with Gasteiger partial charge in [0.1, 0.15) is 5.75 Å². The van der Waals surface area contributed by atoms with Crippen molar-refractivity contribution in [2.75, 3.05) is 26.9 Å². The Morgan fingerprint density at radius 2 is 1.84 bits per heavy atom. The smallest absolute Gasteiger partial charge is 0.196 e. The molecule has 0 amide bonds. The number of ether oxygens (including phenoxy) is 4. The van der Waals surface area contributed by atoms with E-state index in [0.29, 0.717) is 39.6 Å². The maximum absolute atomic E-state index is 11.4. The second kappa shape index (κ2) is 13.1. The van der Waals surface area contributed by atoms with Crippen LogP contribution in [0.3, 0.4) is 0 Å². The van der Waals surface area contributed by atoms with Gasteiger partial charge in [0, 0.05) is 49.2 Å². The van der Waals surface area contributed by atoms with Crippen LogP contribution in [0.2, 0.25) is 0 Å². The van der Waals surface area contributed by atoms with Crippen LogP contribution in [-0.4, -0.2) is 46.4 Å². The molecule has 3 aromatic carbocycles. The van der Waals surface area contributed by atoms with Gasteiger partial charge < -0.3 is 28.6 Å². The fourth-order valence-corrected chi connectivity index (χ4v) is 6.23. The SMILES string of the molecule is CCOC(O)c1c(CCCOc2cccc3ccccc23)c2cccc3c2n1C/C=C\COCc1nn(C)c(COC)c1-3. The van der Waals surface area contributed by atoms with Crippen LogP contribution >= 0.6 is 0 Å². The van der Waals surface area contributed by atoms with Gasteiger partial charge in [-0.2, -0.15) is 5.10 Å². The highest BCUT2D eigenvalue weighted by atomic mass is 16.6. The lowest BCUT2D eigenvalue weighted by molar-refractivity contribution is -0.103. The van der Waals surface area contributed by atoms with Crippen molar-refractivity contribution in [3.8, 4) is 16.9 Å².